The van der Waals surface area contributed by atoms with Crippen LogP contribution in [0.5, 0.6) is 0 Å². The van der Waals surface area contributed by atoms with E-state index in [2.05, 4.69) is 0 Å². The first-order valence-corrected chi connectivity index (χ1v) is 7.18. The number of carboxylic acids is 1. The maximum absolute atomic E-state index is 12.7. The minimum atomic E-state index is -0.913. The lowest BCUT2D eigenvalue weighted by Gasteiger charge is -2.44. The molecule has 0 aromatic carbocycles. The first kappa shape index (κ1) is 16.8. The second-order valence-corrected chi connectivity index (χ2v) is 6.25. The highest BCUT2D eigenvalue weighted by atomic mass is 16.4. The van der Waals surface area contributed by atoms with Crippen LogP contribution in [0, 0.1) is 0 Å². The van der Waals surface area contributed by atoms with Crippen LogP contribution in [0.15, 0.2) is 0 Å². The zero-order chi connectivity index (χ0) is 15.3. The van der Waals surface area contributed by atoms with E-state index in [1.807, 2.05) is 20.8 Å². The van der Waals surface area contributed by atoms with Gasteiger partial charge in [-0.1, -0.05) is 0 Å². The van der Waals surface area contributed by atoms with Gasteiger partial charge in [-0.3, -0.25) is 4.79 Å². The third-order valence-corrected chi connectivity index (χ3v) is 3.69. The number of nitrogens with zero attached hydrogens (tertiary/aromatic N) is 2. The quantitative estimate of drug-likeness (QED) is 0.776. The standard InChI is InChI=1S/C14H26N2O4/c1-14(2,3)16(8-7-12(18)19)13(20)15(9-10-17)11-5-4-6-11/h11,17H,4-10H2,1-3H3,(H,18,19). The lowest BCUT2D eigenvalue weighted by atomic mass is 9.91. The molecule has 6 nitrogen and oxygen atoms in total. The number of hydrogen-bond donors (Lipinski definition) is 2. The Labute approximate surface area is 120 Å². The molecule has 0 radical (unpaired) electrons. The van der Waals surface area contributed by atoms with Crippen molar-refractivity contribution >= 4 is 12.0 Å². The van der Waals surface area contributed by atoms with Gasteiger partial charge in [0, 0.05) is 24.7 Å². The van der Waals surface area contributed by atoms with Crippen molar-refractivity contribution in [2.45, 2.75) is 58.0 Å². The number of urea groups is 1. The second-order valence-electron chi connectivity index (χ2n) is 6.25. The minimum absolute atomic E-state index is 0.0688. The van der Waals surface area contributed by atoms with E-state index in [1.54, 1.807) is 9.80 Å². The molecule has 0 spiro atoms. The monoisotopic (exact) mass is 286 g/mol. The van der Waals surface area contributed by atoms with Gasteiger partial charge in [-0.25, -0.2) is 4.79 Å². The normalized spacial score (nSPS) is 15.6. The van der Waals surface area contributed by atoms with E-state index in [0.29, 0.717) is 6.54 Å². The third-order valence-electron chi connectivity index (χ3n) is 3.69. The predicted octanol–water partition coefficient (Wildman–Crippen LogP) is 1.53. The molecular formula is C14H26N2O4. The summed E-state index contributed by atoms with van der Waals surface area (Å²) in [7, 11) is 0. The van der Waals surface area contributed by atoms with Gasteiger partial charge in [-0.2, -0.15) is 0 Å². The summed E-state index contributed by atoms with van der Waals surface area (Å²) in [5.41, 5.74) is -0.440. The van der Waals surface area contributed by atoms with Crippen LogP contribution >= 0.6 is 0 Å². The van der Waals surface area contributed by atoms with Crippen molar-refractivity contribution in [1.82, 2.24) is 9.80 Å². The maximum Gasteiger partial charge on any atom is 0.320 e. The lowest BCUT2D eigenvalue weighted by Crippen LogP contribution is -2.57. The molecular weight excluding hydrogens is 260 g/mol. The minimum Gasteiger partial charge on any atom is -0.481 e. The smallest absolute Gasteiger partial charge is 0.320 e. The number of aliphatic hydroxyl groups excluding tert-OH is 1. The molecule has 1 aliphatic carbocycles. The number of carbonyl (C=O) groups is 2. The van der Waals surface area contributed by atoms with Gasteiger partial charge in [0.05, 0.1) is 13.0 Å². The number of carbonyl (C=O) groups excluding carboxylic acids is 1. The van der Waals surface area contributed by atoms with E-state index in [4.69, 9.17) is 10.2 Å². The number of aliphatic hydroxyl groups is 1. The summed E-state index contributed by atoms with van der Waals surface area (Å²) in [6, 6.07) is 0.0156. The van der Waals surface area contributed by atoms with Crippen molar-refractivity contribution in [3.63, 3.8) is 0 Å². The Hall–Kier alpha value is -1.30. The molecule has 0 heterocycles. The molecule has 6 heteroatoms. The molecule has 0 unspecified atom stereocenters. The van der Waals surface area contributed by atoms with Crippen molar-refractivity contribution in [1.29, 1.82) is 0 Å². The molecule has 2 amide bonds. The van der Waals surface area contributed by atoms with Crippen molar-refractivity contribution < 1.29 is 19.8 Å². The van der Waals surface area contributed by atoms with Gasteiger partial charge < -0.3 is 20.0 Å². The predicted molar refractivity (Wildman–Crippen MR) is 75.5 cm³/mol. The molecule has 1 saturated carbocycles. The summed E-state index contributed by atoms with van der Waals surface area (Å²) in [5.74, 6) is -0.913. The fourth-order valence-electron chi connectivity index (χ4n) is 2.32. The third kappa shape index (κ3) is 4.37. The fourth-order valence-corrected chi connectivity index (χ4v) is 2.32. The van der Waals surface area contributed by atoms with Crippen LogP contribution in [-0.4, -0.2) is 63.3 Å². The fraction of sp³-hybridized carbons (Fsp3) is 0.857. The molecule has 0 bridgehead atoms. The number of hydrogen-bond acceptors (Lipinski definition) is 3. The van der Waals surface area contributed by atoms with Gasteiger partial charge in [0.2, 0.25) is 0 Å². The molecule has 0 atom stereocenters. The molecule has 0 aromatic rings. The van der Waals surface area contributed by atoms with Gasteiger partial charge >= 0.3 is 12.0 Å². The Balaban J connectivity index is 2.80. The molecule has 2 N–H and O–H groups in total. The average Bonchev–Trinajstić information content (AvgIpc) is 2.23. The van der Waals surface area contributed by atoms with Gasteiger partial charge in [0.15, 0.2) is 0 Å². The number of aliphatic carboxylic acids is 1. The van der Waals surface area contributed by atoms with E-state index in [9.17, 15) is 9.59 Å². The molecule has 0 aliphatic heterocycles. The van der Waals surface area contributed by atoms with E-state index in [0.717, 1.165) is 19.3 Å². The first-order valence-electron chi connectivity index (χ1n) is 7.18. The van der Waals surface area contributed by atoms with Crippen LogP contribution in [0.3, 0.4) is 0 Å². The maximum atomic E-state index is 12.7. The van der Waals surface area contributed by atoms with Gasteiger partial charge in [0.25, 0.3) is 0 Å². The molecule has 0 saturated heterocycles. The number of amides is 2. The van der Waals surface area contributed by atoms with Gasteiger partial charge in [-0.05, 0) is 40.0 Å². The second kappa shape index (κ2) is 6.92. The number of rotatable bonds is 6. The zero-order valence-corrected chi connectivity index (χ0v) is 12.6. The molecule has 1 rings (SSSR count). The summed E-state index contributed by atoms with van der Waals surface area (Å²) >= 11 is 0. The van der Waals surface area contributed by atoms with Crippen molar-refractivity contribution in [2.24, 2.45) is 0 Å². The van der Waals surface area contributed by atoms with Crippen molar-refractivity contribution in [2.75, 3.05) is 19.7 Å². The molecule has 1 aliphatic rings. The summed E-state index contributed by atoms with van der Waals surface area (Å²) < 4.78 is 0. The molecule has 1 fully saturated rings. The Morgan fingerprint density at radius 3 is 2.15 bits per heavy atom. The van der Waals surface area contributed by atoms with Crippen LogP contribution in [-0.2, 0) is 4.79 Å². The highest BCUT2D eigenvalue weighted by molar-refractivity contribution is 5.76. The summed E-state index contributed by atoms with van der Waals surface area (Å²) in [5, 5.41) is 18.0. The highest BCUT2D eigenvalue weighted by Crippen LogP contribution is 2.27. The van der Waals surface area contributed by atoms with Crippen LogP contribution in [0.2, 0.25) is 0 Å². The van der Waals surface area contributed by atoms with Crippen LogP contribution in [0.1, 0.15) is 46.5 Å². The first-order chi connectivity index (χ1) is 9.27. The Bertz CT molecular complexity index is 348. The van der Waals surface area contributed by atoms with Crippen molar-refractivity contribution in [3.8, 4) is 0 Å². The van der Waals surface area contributed by atoms with Gasteiger partial charge in [0.1, 0.15) is 0 Å². The molecule has 20 heavy (non-hydrogen) atoms. The zero-order valence-electron chi connectivity index (χ0n) is 12.6. The lowest BCUT2D eigenvalue weighted by molar-refractivity contribution is -0.137. The van der Waals surface area contributed by atoms with Crippen molar-refractivity contribution in [3.05, 3.63) is 0 Å². The van der Waals surface area contributed by atoms with E-state index >= 15 is 0 Å². The molecule has 0 aromatic heterocycles. The number of carboxylic acid groups (broad SMARTS) is 1. The Morgan fingerprint density at radius 2 is 1.80 bits per heavy atom. The SMILES string of the molecule is CC(C)(C)N(CCC(=O)O)C(=O)N(CCO)C1CCC1. The Morgan fingerprint density at radius 1 is 1.20 bits per heavy atom. The van der Waals surface area contributed by atoms with E-state index < -0.39 is 11.5 Å². The topological polar surface area (TPSA) is 81.1 Å². The Kier molecular flexibility index (Phi) is 5.80. The highest BCUT2D eigenvalue weighted by Gasteiger charge is 2.35. The van der Waals surface area contributed by atoms with Gasteiger partial charge in [-0.15, -0.1) is 0 Å². The van der Waals surface area contributed by atoms with Crippen LogP contribution < -0.4 is 0 Å². The van der Waals surface area contributed by atoms with E-state index in [-0.39, 0.29) is 31.6 Å². The van der Waals surface area contributed by atoms with Crippen LogP contribution in [0.25, 0.3) is 0 Å². The summed E-state index contributed by atoms with van der Waals surface area (Å²) in [6.45, 7) is 6.11. The largest absolute Gasteiger partial charge is 0.481 e. The van der Waals surface area contributed by atoms with Crippen LogP contribution in [0.4, 0.5) is 4.79 Å². The average molecular weight is 286 g/mol. The summed E-state index contributed by atoms with van der Waals surface area (Å²) in [4.78, 5) is 26.7. The summed E-state index contributed by atoms with van der Waals surface area (Å²) in [6.07, 6.45) is 2.95. The van der Waals surface area contributed by atoms with E-state index in [1.165, 1.54) is 0 Å². The molecule has 116 valence electrons.